The van der Waals surface area contributed by atoms with Gasteiger partial charge in [0.25, 0.3) is 0 Å². The molecule has 0 saturated heterocycles. The molecule has 0 saturated carbocycles. The Hall–Kier alpha value is -1.87. The zero-order valence-electron chi connectivity index (χ0n) is 11.0. The van der Waals surface area contributed by atoms with Crippen molar-refractivity contribution in [3.05, 3.63) is 64.2 Å². The van der Waals surface area contributed by atoms with E-state index in [0.29, 0.717) is 34.8 Å². The van der Waals surface area contributed by atoms with Crippen molar-refractivity contribution in [1.29, 1.82) is 0 Å². The molecular weight excluding hydrogens is 279 g/mol. The molecule has 0 heterocycles. The molecule has 104 valence electrons. The van der Waals surface area contributed by atoms with Crippen molar-refractivity contribution in [2.75, 3.05) is 0 Å². The summed E-state index contributed by atoms with van der Waals surface area (Å²) in [6.45, 7) is 1.84. The molecule has 0 aromatic heterocycles. The van der Waals surface area contributed by atoms with E-state index in [4.69, 9.17) is 16.3 Å². The maximum atomic E-state index is 13.2. The standard InChI is InChI=1S/C16H14ClFO2/c1-11-5-8-14(18)3-2-4-15(11)20-16-9-13(17)7-6-12(16)10-19/h3-7,9-10H,2,8H2,1H3/b11-5-,14-3+,15-4-. The molecule has 4 heteroatoms. The first-order valence-electron chi connectivity index (χ1n) is 6.24. The quantitative estimate of drug-likeness (QED) is 0.732. The van der Waals surface area contributed by atoms with E-state index in [1.165, 1.54) is 6.08 Å². The smallest absolute Gasteiger partial charge is 0.153 e. The number of halogens is 2. The van der Waals surface area contributed by atoms with Crippen LogP contribution < -0.4 is 4.74 Å². The van der Waals surface area contributed by atoms with E-state index in [0.717, 1.165) is 5.57 Å². The second-order valence-electron chi connectivity index (χ2n) is 4.45. The fourth-order valence-corrected chi connectivity index (χ4v) is 1.99. The number of allylic oxidation sites excluding steroid dienone is 5. The van der Waals surface area contributed by atoms with E-state index in [1.807, 2.05) is 6.92 Å². The Labute approximate surface area is 122 Å². The third-order valence-corrected chi connectivity index (χ3v) is 3.19. The lowest BCUT2D eigenvalue weighted by atomic mass is 10.1. The van der Waals surface area contributed by atoms with Crippen molar-refractivity contribution in [2.24, 2.45) is 0 Å². The molecule has 0 bridgehead atoms. The molecule has 0 amide bonds. The molecule has 1 aliphatic carbocycles. The van der Waals surface area contributed by atoms with E-state index in [-0.39, 0.29) is 12.2 Å². The third kappa shape index (κ3) is 3.58. The van der Waals surface area contributed by atoms with Crippen molar-refractivity contribution in [2.45, 2.75) is 19.8 Å². The first-order chi connectivity index (χ1) is 9.60. The van der Waals surface area contributed by atoms with Gasteiger partial charge in [0.2, 0.25) is 0 Å². The molecule has 0 atom stereocenters. The lowest BCUT2D eigenvalue weighted by molar-refractivity contribution is 0.112. The molecule has 2 nitrogen and oxygen atoms in total. The van der Waals surface area contributed by atoms with Crippen molar-refractivity contribution in [3.8, 4) is 5.75 Å². The van der Waals surface area contributed by atoms with Crippen LogP contribution in [0, 0.1) is 0 Å². The van der Waals surface area contributed by atoms with Gasteiger partial charge >= 0.3 is 0 Å². The molecule has 1 aromatic rings. The van der Waals surface area contributed by atoms with Crippen LogP contribution >= 0.6 is 11.6 Å². The predicted molar refractivity (Wildman–Crippen MR) is 77.7 cm³/mol. The number of aldehydes is 1. The number of benzene rings is 1. The molecule has 0 unspecified atom stereocenters. The Bertz CT molecular complexity index is 615. The summed E-state index contributed by atoms with van der Waals surface area (Å²) in [4.78, 5) is 11.0. The van der Waals surface area contributed by atoms with Gasteiger partial charge in [-0.2, -0.15) is 0 Å². The summed E-state index contributed by atoms with van der Waals surface area (Å²) in [5.41, 5.74) is 1.25. The molecular formula is C16H14ClFO2. The number of ether oxygens (including phenoxy) is 1. The monoisotopic (exact) mass is 292 g/mol. The van der Waals surface area contributed by atoms with Gasteiger partial charge in [0, 0.05) is 17.5 Å². The highest BCUT2D eigenvalue weighted by Crippen LogP contribution is 2.27. The van der Waals surface area contributed by atoms with Crippen LogP contribution in [-0.2, 0) is 0 Å². The summed E-state index contributed by atoms with van der Waals surface area (Å²) in [5.74, 6) is 0.853. The van der Waals surface area contributed by atoms with Crippen molar-refractivity contribution in [3.63, 3.8) is 0 Å². The molecule has 1 aliphatic rings. The first-order valence-corrected chi connectivity index (χ1v) is 6.62. The maximum absolute atomic E-state index is 13.2. The molecule has 0 fully saturated rings. The average molecular weight is 293 g/mol. The lowest BCUT2D eigenvalue weighted by Crippen LogP contribution is -2.01. The molecule has 0 aliphatic heterocycles. The summed E-state index contributed by atoms with van der Waals surface area (Å²) in [6.07, 6.45) is 6.45. The molecule has 2 rings (SSSR count). The summed E-state index contributed by atoms with van der Waals surface area (Å²) >= 11 is 5.92. The lowest BCUT2D eigenvalue weighted by Gasteiger charge is -2.14. The van der Waals surface area contributed by atoms with E-state index in [9.17, 15) is 9.18 Å². The number of hydrogen-bond donors (Lipinski definition) is 0. The van der Waals surface area contributed by atoms with Crippen LogP contribution in [0.2, 0.25) is 5.02 Å². The second-order valence-corrected chi connectivity index (χ2v) is 4.88. The van der Waals surface area contributed by atoms with Crippen LogP contribution in [0.15, 0.2) is 53.6 Å². The van der Waals surface area contributed by atoms with Crippen molar-refractivity contribution >= 4 is 17.9 Å². The Morgan fingerprint density at radius 3 is 2.85 bits per heavy atom. The Morgan fingerprint density at radius 2 is 2.10 bits per heavy atom. The van der Waals surface area contributed by atoms with Gasteiger partial charge in [-0.25, -0.2) is 4.39 Å². The van der Waals surface area contributed by atoms with Crippen LogP contribution in [0.1, 0.15) is 30.1 Å². The molecule has 0 spiro atoms. The Balaban J connectivity index is 2.31. The van der Waals surface area contributed by atoms with Gasteiger partial charge in [-0.3, -0.25) is 4.79 Å². The van der Waals surface area contributed by atoms with Gasteiger partial charge in [-0.15, -0.1) is 0 Å². The average Bonchev–Trinajstić information content (AvgIpc) is 2.42. The zero-order chi connectivity index (χ0) is 14.5. The SMILES string of the molecule is CC1=C/C/C(F)=C\C\C=C\1Oc1cc(Cl)ccc1C=O. The fourth-order valence-electron chi connectivity index (χ4n) is 1.82. The van der Waals surface area contributed by atoms with Gasteiger partial charge in [-0.1, -0.05) is 17.7 Å². The topological polar surface area (TPSA) is 26.3 Å². The van der Waals surface area contributed by atoms with Crippen molar-refractivity contribution in [1.82, 2.24) is 0 Å². The Kier molecular flexibility index (Phi) is 4.74. The minimum absolute atomic E-state index is 0.156. The van der Waals surface area contributed by atoms with Gasteiger partial charge < -0.3 is 4.74 Å². The summed E-state index contributed by atoms with van der Waals surface area (Å²) in [5, 5.41) is 0.490. The zero-order valence-corrected chi connectivity index (χ0v) is 11.8. The minimum atomic E-state index is -0.156. The van der Waals surface area contributed by atoms with Crippen molar-refractivity contribution < 1.29 is 13.9 Å². The molecule has 0 radical (unpaired) electrons. The number of carbonyl (C=O) groups is 1. The van der Waals surface area contributed by atoms with E-state index in [2.05, 4.69) is 0 Å². The van der Waals surface area contributed by atoms with Gasteiger partial charge in [0.15, 0.2) is 6.29 Å². The van der Waals surface area contributed by atoms with Crippen LogP contribution in [0.4, 0.5) is 4.39 Å². The molecule has 0 N–H and O–H groups in total. The largest absolute Gasteiger partial charge is 0.457 e. The predicted octanol–water partition coefficient (Wildman–Crippen LogP) is 5.01. The normalized spacial score (nSPS) is 23.2. The number of hydrogen-bond acceptors (Lipinski definition) is 2. The first kappa shape index (κ1) is 14.5. The molecule has 1 aromatic carbocycles. The highest BCUT2D eigenvalue weighted by atomic mass is 35.5. The van der Waals surface area contributed by atoms with Crippen LogP contribution in [0.5, 0.6) is 5.75 Å². The number of rotatable bonds is 3. The fraction of sp³-hybridized carbons (Fsp3) is 0.188. The second kappa shape index (κ2) is 6.53. The minimum Gasteiger partial charge on any atom is -0.457 e. The maximum Gasteiger partial charge on any atom is 0.153 e. The van der Waals surface area contributed by atoms with Crippen LogP contribution in [0.3, 0.4) is 0 Å². The molecule has 20 heavy (non-hydrogen) atoms. The van der Waals surface area contributed by atoms with Gasteiger partial charge in [0.05, 0.1) is 5.56 Å². The summed E-state index contributed by atoms with van der Waals surface area (Å²) in [7, 11) is 0. The Morgan fingerprint density at radius 1 is 1.30 bits per heavy atom. The van der Waals surface area contributed by atoms with Crippen LogP contribution in [0.25, 0.3) is 0 Å². The highest BCUT2D eigenvalue weighted by Gasteiger charge is 2.10. The van der Waals surface area contributed by atoms with Gasteiger partial charge in [-0.05, 0) is 43.2 Å². The number of carbonyl (C=O) groups excluding carboxylic acids is 1. The third-order valence-electron chi connectivity index (χ3n) is 2.96. The van der Waals surface area contributed by atoms with Gasteiger partial charge in [0.1, 0.15) is 17.3 Å². The van der Waals surface area contributed by atoms with E-state index in [1.54, 1.807) is 30.4 Å². The van der Waals surface area contributed by atoms with E-state index >= 15 is 0 Å². The highest BCUT2D eigenvalue weighted by molar-refractivity contribution is 6.30. The summed E-state index contributed by atoms with van der Waals surface area (Å²) < 4.78 is 19.0. The summed E-state index contributed by atoms with van der Waals surface area (Å²) in [6, 6.07) is 4.83. The van der Waals surface area contributed by atoms with Crippen LogP contribution in [-0.4, -0.2) is 6.29 Å². The van der Waals surface area contributed by atoms with E-state index < -0.39 is 0 Å².